The first kappa shape index (κ1) is 15.4. The number of aryl methyl sites for hydroxylation is 1. The van der Waals surface area contributed by atoms with Gasteiger partial charge in [0.2, 0.25) is 0 Å². The molecule has 0 aliphatic carbocycles. The van der Waals surface area contributed by atoms with Gasteiger partial charge in [0.25, 0.3) is 5.91 Å². The number of nitrogens with one attached hydrogen (secondary N) is 1. The Morgan fingerprint density at radius 3 is 2.57 bits per heavy atom. The van der Waals surface area contributed by atoms with Crippen molar-refractivity contribution in [2.45, 2.75) is 26.5 Å². The second kappa shape index (κ2) is 6.67. The number of para-hydroxylation sites is 1. The van der Waals surface area contributed by atoms with Crippen LogP contribution in [0.4, 0.5) is 8.78 Å². The van der Waals surface area contributed by atoms with Gasteiger partial charge in [0.1, 0.15) is 5.75 Å². The average molecular weight is 311 g/mol. The van der Waals surface area contributed by atoms with Crippen LogP contribution in [0.1, 0.15) is 33.1 Å². The summed E-state index contributed by atoms with van der Waals surface area (Å²) >= 11 is 1.38. The van der Waals surface area contributed by atoms with Gasteiger partial charge in [0.05, 0.1) is 10.9 Å². The molecule has 0 radical (unpaired) electrons. The van der Waals surface area contributed by atoms with E-state index in [2.05, 4.69) is 10.1 Å². The van der Waals surface area contributed by atoms with Crippen LogP contribution in [0, 0.1) is 6.92 Å². The third kappa shape index (κ3) is 4.01. The van der Waals surface area contributed by atoms with E-state index in [1.54, 1.807) is 31.2 Å². The van der Waals surface area contributed by atoms with Gasteiger partial charge in [-0.25, -0.2) is 0 Å². The molecule has 0 aliphatic heterocycles. The van der Waals surface area contributed by atoms with E-state index in [0.29, 0.717) is 10.4 Å². The van der Waals surface area contributed by atoms with E-state index < -0.39 is 12.7 Å². The lowest BCUT2D eigenvalue weighted by atomic mass is 10.1. The van der Waals surface area contributed by atoms with E-state index in [9.17, 15) is 13.6 Å². The summed E-state index contributed by atoms with van der Waals surface area (Å²) in [7, 11) is 0. The van der Waals surface area contributed by atoms with Crippen molar-refractivity contribution in [1.82, 2.24) is 5.32 Å². The quantitative estimate of drug-likeness (QED) is 0.901. The molecule has 1 N–H and O–H groups in total. The maximum absolute atomic E-state index is 12.4. The monoisotopic (exact) mass is 311 g/mol. The molecule has 1 unspecified atom stereocenters. The molecule has 6 heteroatoms. The predicted molar refractivity (Wildman–Crippen MR) is 78.0 cm³/mol. The molecule has 1 atom stereocenters. The molecule has 0 saturated carbocycles. The molecule has 112 valence electrons. The predicted octanol–water partition coefficient (Wildman–Crippen LogP) is 4.15. The molecule has 2 rings (SSSR count). The molecule has 0 fully saturated rings. The molecular weight excluding hydrogens is 296 g/mol. The van der Waals surface area contributed by atoms with Crippen molar-refractivity contribution in [3.05, 3.63) is 51.7 Å². The van der Waals surface area contributed by atoms with Crippen LogP contribution in [-0.2, 0) is 0 Å². The zero-order valence-electron chi connectivity index (χ0n) is 11.6. The fourth-order valence-electron chi connectivity index (χ4n) is 1.94. The van der Waals surface area contributed by atoms with Gasteiger partial charge in [-0.15, -0.1) is 11.3 Å². The molecule has 2 aromatic rings. The lowest BCUT2D eigenvalue weighted by molar-refractivity contribution is -0.0506. The molecule has 1 heterocycles. The molecule has 1 aromatic carbocycles. The SMILES string of the molecule is Cc1ccc(C(=O)NC(C)c2ccccc2OC(F)F)s1. The van der Waals surface area contributed by atoms with Gasteiger partial charge >= 0.3 is 6.61 Å². The summed E-state index contributed by atoms with van der Waals surface area (Å²) in [5, 5.41) is 2.79. The van der Waals surface area contributed by atoms with Crippen LogP contribution in [-0.4, -0.2) is 12.5 Å². The number of hydrogen-bond acceptors (Lipinski definition) is 3. The Balaban J connectivity index is 2.13. The average Bonchev–Trinajstić information content (AvgIpc) is 2.85. The Hall–Kier alpha value is -1.95. The van der Waals surface area contributed by atoms with Gasteiger partial charge in [-0.3, -0.25) is 4.79 Å². The molecule has 0 saturated heterocycles. The second-order valence-corrected chi connectivity index (χ2v) is 5.81. The molecule has 1 amide bonds. The maximum Gasteiger partial charge on any atom is 0.387 e. The first-order chi connectivity index (χ1) is 9.97. The normalized spacial score (nSPS) is 12.2. The van der Waals surface area contributed by atoms with E-state index in [0.717, 1.165) is 4.88 Å². The van der Waals surface area contributed by atoms with Crippen molar-refractivity contribution in [3.63, 3.8) is 0 Å². The highest BCUT2D eigenvalue weighted by Gasteiger charge is 2.17. The zero-order valence-corrected chi connectivity index (χ0v) is 12.4. The van der Waals surface area contributed by atoms with E-state index in [-0.39, 0.29) is 11.7 Å². The van der Waals surface area contributed by atoms with Crippen molar-refractivity contribution in [2.24, 2.45) is 0 Å². The number of carbonyl (C=O) groups excluding carboxylic acids is 1. The number of halogens is 2. The summed E-state index contributed by atoms with van der Waals surface area (Å²) < 4.78 is 29.2. The van der Waals surface area contributed by atoms with Crippen molar-refractivity contribution in [1.29, 1.82) is 0 Å². The topological polar surface area (TPSA) is 38.3 Å². The summed E-state index contributed by atoms with van der Waals surface area (Å²) in [6.07, 6.45) is 0. The second-order valence-electron chi connectivity index (χ2n) is 4.52. The summed E-state index contributed by atoms with van der Waals surface area (Å²) in [4.78, 5) is 13.7. The minimum atomic E-state index is -2.89. The van der Waals surface area contributed by atoms with Crippen LogP contribution in [0.2, 0.25) is 0 Å². The fraction of sp³-hybridized carbons (Fsp3) is 0.267. The van der Waals surface area contributed by atoms with Crippen LogP contribution in [0.15, 0.2) is 36.4 Å². The smallest absolute Gasteiger partial charge is 0.387 e. The number of rotatable bonds is 5. The largest absolute Gasteiger partial charge is 0.434 e. The number of amides is 1. The summed E-state index contributed by atoms with van der Waals surface area (Å²) in [6.45, 7) is 0.747. The molecular formula is C15H15F2NO2S. The maximum atomic E-state index is 12.4. The number of alkyl halides is 2. The Kier molecular flexibility index (Phi) is 4.90. The van der Waals surface area contributed by atoms with Crippen molar-refractivity contribution in [2.75, 3.05) is 0 Å². The molecule has 21 heavy (non-hydrogen) atoms. The zero-order chi connectivity index (χ0) is 15.4. The van der Waals surface area contributed by atoms with Crippen LogP contribution in [0.25, 0.3) is 0 Å². The Bertz CT molecular complexity index is 628. The lowest BCUT2D eigenvalue weighted by Gasteiger charge is -2.17. The Morgan fingerprint density at radius 1 is 1.24 bits per heavy atom. The number of hydrogen-bond donors (Lipinski definition) is 1. The summed E-state index contributed by atoms with van der Waals surface area (Å²) in [5.41, 5.74) is 0.513. The molecule has 0 aliphatic rings. The minimum Gasteiger partial charge on any atom is -0.434 e. The van der Waals surface area contributed by atoms with Gasteiger partial charge in [-0.1, -0.05) is 18.2 Å². The van der Waals surface area contributed by atoms with E-state index in [4.69, 9.17) is 0 Å². The van der Waals surface area contributed by atoms with Crippen LogP contribution in [0.3, 0.4) is 0 Å². The first-order valence-electron chi connectivity index (χ1n) is 6.38. The highest BCUT2D eigenvalue weighted by molar-refractivity contribution is 7.13. The standard InChI is InChI=1S/C15H15F2NO2S/c1-9-7-8-13(21-9)14(19)18-10(2)11-5-3-4-6-12(11)20-15(16)17/h3-8,10,15H,1-2H3,(H,18,19). The van der Waals surface area contributed by atoms with Gasteiger partial charge in [-0.05, 0) is 32.0 Å². The molecule has 3 nitrogen and oxygen atoms in total. The van der Waals surface area contributed by atoms with Crippen LogP contribution >= 0.6 is 11.3 Å². The highest BCUT2D eigenvalue weighted by atomic mass is 32.1. The molecule has 0 bridgehead atoms. The number of carbonyl (C=O) groups is 1. The third-order valence-electron chi connectivity index (χ3n) is 2.91. The Labute approximate surface area is 125 Å². The van der Waals surface area contributed by atoms with Gasteiger partial charge < -0.3 is 10.1 Å². The van der Waals surface area contributed by atoms with Gasteiger partial charge in [0.15, 0.2) is 0 Å². The number of benzene rings is 1. The summed E-state index contributed by atoms with van der Waals surface area (Å²) in [5.74, 6) is -0.157. The minimum absolute atomic E-state index is 0.0719. The number of thiophene rings is 1. The molecule has 0 spiro atoms. The van der Waals surface area contributed by atoms with Crippen LogP contribution in [0.5, 0.6) is 5.75 Å². The first-order valence-corrected chi connectivity index (χ1v) is 7.20. The lowest BCUT2D eigenvalue weighted by Crippen LogP contribution is -2.26. The van der Waals surface area contributed by atoms with Crippen molar-refractivity contribution < 1.29 is 18.3 Å². The number of ether oxygens (including phenoxy) is 1. The van der Waals surface area contributed by atoms with E-state index >= 15 is 0 Å². The fourth-order valence-corrected chi connectivity index (χ4v) is 2.71. The van der Waals surface area contributed by atoms with Crippen molar-refractivity contribution >= 4 is 17.2 Å². The van der Waals surface area contributed by atoms with E-state index in [1.807, 2.05) is 13.0 Å². The van der Waals surface area contributed by atoms with E-state index in [1.165, 1.54) is 17.4 Å². The molecule has 1 aromatic heterocycles. The highest BCUT2D eigenvalue weighted by Crippen LogP contribution is 2.27. The van der Waals surface area contributed by atoms with Crippen molar-refractivity contribution in [3.8, 4) is 5.75 Å². The summed E-state index contributed by atoms with van der Waals surface area (Å²) in [6, 6.07) is 9.60. The third-order valence-corrected chi connectivity index (χ3v) is 3.91. The van der Waals surface area contributed by atoms with Crippen LogP contribution < -0.4 is 10.1 Å². The van der Waals surface area contributed by atoms with Gasteiger partial charge in [0, 0.05) is 10.4 Å². The van der Waals surface area contributed by atoms with Gasteiger partial charge in [-0.2, -0.15) is 8.78 Å². The Morgan fingerprint density at radius 2 is 1.95 bits per heavy atom.